The number of rotatable bonds is 6. The van der Waals surface area contributed by atoms with Crippen molar-refractivity contribution >= 4 is 11.7 Å². The molecule has 0 aliphatic heterocycles. The molecule has 1 N–H and O–H groups in total. The van der Waals surface area contributed by atoms with E-state index in [9.17, 15) is 4.79 Å². The molecule has 0 bridgehead atoms. The summed E-state index contributed by atoms with van der Waals surface area (Å²) >= 11 is 0. The molecule has 1 rings (SSSR count). The molecule has 0 spiro atoms. The molecule has 0 radical (unpaired) electrons. The van der Waals surface area contributed by atoms with E-state index in [2.05, 4.69) is 24.1 Å². The lowest BCUT2D eigenvalue weighted by atomic mass is 10.1. The molecule has 1 aromatic heterocycles. The second kappa shape index (κ2) is 6.99. The van der Waals surface area contributed by atoms with E-state index >= 15 is 0 Å². The fraction of sp³-hybridized carbons (Fsp3) is 0.571. The van der Waals surface area contributed by atoms with Crippen LogP contribution in [0.25, 0.3) is 0 Å². The lowest BCUT2D eigenvalue weighted by molar-refractivity contribution is 0.0737. The number of hydrogen-bond donors (Lipinski definition) is 1. The Morgan fingerprint density at radius 2 is 2.22 bits per heavy atom. The highest BCUT2D eigenvalue weighted by atomic mass is 16.2. The van der Waals surface area contributed by atoms with Crippen molar-refractivity contribution in [3.8, 4) is 0 Å². The Morgan fingerprint density at radius 3 is 2.83 bits per heavy atom. The second-order valence-electron chi connectivity index (χ2n) is 4.48. The molecule has 1 amide bonds. The summed E-state index contributed by atoms with van der Waals surface area (Å²) in [5.41, 5.74) is 0.643. The van der Waals surface area contributed by atoms with Gasteiger partial charge in [0.1, 0.15) is 5.82 Å². The largest absolute Gasteiger partial charge is 0.370 e. The van der Waals surface area contributed by atoms with Crippen LogP contribution < -0.4 is 5.32 Å². The maximum atomic E-state index is 12.4. The third kappa shape index (κ3) is 3.45. The molecule has 18 heavy (non-hydrogen) atoms. The quantitative estimate of drug-likeness (QED) is 0.843. The first-order valence-corrected chi connectivity index (χ1v) is 6.57. The molecule has 0 aliphatic carbocycles. The van der Waals surface area contributed by atoms with Gasteiger partial charge in [0.25, 0.3) is 5.91 Å². The summed E-state index contributed by atoms with van der Waals surface area (Å²) < 4.78 is 0. The number of carbonyl (C=O) groups excluding carboxylic acids is 1. The van der Waals surface area contributed by atoms with Gasteiger partial charge in [-0.3, -0.25) is 4.79 Å². The zero-order chi connectivity index (χ0) is 13.5. The highest BCUT2D eigenvalue weighted by Gasteiger charge is 2.19. The number of amides is 1. The van der Waals surface area contributed by atoms with E-state index < -0.39 is 0 Å². The summed E-state index contributed by atoms with van der Waals surface area (Å²) in [5, 5.41) is 3.12. The van der Waals surface area contributed by atoms with E-state index in [0.29, 0.717) is 11.4 Å². The predicted octanol–water partition coefficient (Wildman–Crippen LogP) is 2.77. The van der Waals surface area contributed by atoms with E-state index in [-0.39, 0.29) is 11.9 Å². The molecule has 1 heterocycles. The molecule has 0 saturated heterocycles. The topological polar surface area (TPSA) is 45.2 Å². The van der Waals surface area contributed by atoms with Crippen LogP contribution in [0.4, 0.5) is 5.82 Å². The van der Waals surface area contributed by atoms with Crippen LogP contribution in [0.5, 0.6) is 0 Å². The molecule has 4 nitrogen and oxygen atoms in total. The maximum Gasteiger partial charge on any atom is 0.257 e. The normalized spacial score (nSPS) is 12.0. The molecule has 4 heteroatoms. The van der Waals surface area contributed by atoms with E-state index in [1.807, 2.05) is 20.0 Å². The SMILES string of the molecule is CCCC(C)N(C)C(=O)c1cccnc1NCC. The van der Waals surface area contributed by atoms with Crippen LogP contribution in [0.1, 0.15) is 44.0 Å². The van der Waals surface area contributed by atoms with Gasteiger partial charge in [-0.1, -0.05) is 13.3 Å². The van der Waals surface area contributed by atoms with Gasteiger partial charge >= 0.3 is 0 Å². The van der Waals surface area contributed by atoms with Gasteiger partial charge in [-0.15, -0.1) is 0 Å². The minimum absolute atomic E-state index is 0.0278. The van der Waals surface area contributed by atoms with Crippen molar-refractivity contribution in [1.82, 2.24) is 9.88 Å². The molecular weight excluding hydrogens is 226 g/mol. The average Bonchev–Trinajstić information content (AvgIpc) is 2.38. The average molecular weight is 249 g/mol. The first kappa shape index (κ1) is 14.5. The molecular formula is C14H23N3O. The van der Waals surface area contributed by atoms with Crippen molar-refractivity contribution < 1.29 is 4.79 Å². The predicted molar refractivity (Wildman–Crippen MR) is 74.9 cm³/mol. The van der Waals surface area contributed by atoms with E-state index in [1.54, 1.807) is 17.2 Å². The number of aromatic nitrogens is 1. The zero-order valence-electron chi connectivity index (χ0n) is 11.7. The van der Waals surface area contributed by atoms with Crippen molar-refractivity contribution in [2.45, 2.75) is 39.7 Å². The summed E-state index contributed by atoms with van der Waals surface area (Å²) in [6, 6.07) is 3.87. The van der Waals surface area contributed by atoms with Crippen molar-refractivity contribution in [2.75, 3.05) is 18.9 Å². The summed E-state index contributed by atoms with van der Waals surface area (Å²) in [7, 11) is 1.85. The molecule has 100 valence electrons. The van der Waals surface area contributed by atoms with Crippen LogP contribution in [0.2, 0.25) is 0 Å². The molecule has 1 aromatic rings. The van der Waals surface area contributed by atoms with Crippen molar-refractivity contribution in [1.29, 1.82) is 0 Å². The fourth-order valence-corrected chi connectivity index (χ4v) is 1.89. The smallest absolute Gasteiger partial charge is 0.257 e. The molecule has 1 atom stereocenters. The molecule has 1 unspecified atom stereocenters. The van der Waals surface area contributed by atoms with Crippen LogP contribution in [0.15, 0.2) is 18.3 Å². The Labute approximate surface area is 109 Å². The summed E-state index contributed by atoms with van der Waals surface area (Å²) in [6.45, 7) is 6.95. The Bertz CT molecular complexity index is 392. The standard InChI is InChI=1S/C14H23N3O/c1-5-8-11(3)17(4)14(18)12-9-7-10-16-13(12)15-6-2/h7,9-11H,5-6,8H2,1-4H3,(H,15,16). The minimum Gasteiger partial charge on any atom is -0.370 e. The number of carbonyl (C=O) groups is 1. The molecule has 0 fully saturated rings. The van der Waals surface area contributed by atoms with Crippen LogP contribution in [0.3, 0.4) is 0 Å². The number of anilines is 1. The Hall–Kier alpha value is -1.58. The Balaban J connectivity index is 2.89. The van der Waals surface area contributed by atoms with Gasteiger partial charge in [0, 0.05) is 25.8 Å². The van der Waals surface area contributed by atoms with Gasteiger partial charge < -0.3 is 10.2 Å². The van der Waals surface area contributed by atoms with Crippen LogP contribution >= 0.6 is 0 Å². The molecule has 0 saturated carbocycles. The van der Waals surface area contributed by atoms with Crippen molar-refractivity contribution in [3.05, 3.63) is 23.9 Å². The van der Waals surface area contributed by atoms with Crippen molar-refractivity contribution in [3.63, 3.8) is 0 Å². The van der Waals surface area contributed by atoms with Gasteiger partial charge in [0.05, 0.1) is 5.56 Å². The highest BCUT2D eigenvalue weighted by molar-refractivity contribution is 5.98. The highest BCUT2D eigenvalue weighted by Crippen LogP contribution is 2.16. The lowest BCUT2D eigenvalue weighted by Crippen LogP contribution is -2.35. The van der Waals surface area contributed by atoms with Crippen LogP contribution in [-0.4, -0.2) is 35.4 Å². The lowest BCUT2D eigenvalue weighted by Gasteiger charge is -2.25. The van der Waals surface area contributed by atoms with E-state index in [1.165, 1.54) is 0 Å². The molecule has 0 aromatic carbocycles. The summed E-state index contributed by atoms with van der Waals surface area (Å²) in [6.07, 6.45) is 3.79. The van der Waals surface area contributed by atoms with Crippen molar-refractivity contribution in [2.24, 2.45) is 0 Å². The summed E-state index contributed by atoms with van der Waals surface area (Å²) in [4.78, 5) is 18.4. The third-order valence-electron chi connectivity index (χ3n) is 3.07. The monoisotopic (exact) mass is 249 g/mol. The second-order valence-corrected chi connectivity index (χ2v) is 4.48. The van der Waals surface area contributed by atoms with E-state index in [0.717, 1.165) is 19.4 Å². The van der Waals surface area contributed by atoms with E-state index in [4.69, 9.17) is 0 Å². The van der Waals surface area contributed by atoms with Gasteiger partial charge in [-0.2, -0.15) is 0 Å². The van der Waals surface area contributed by atoms with Gasteiger partial charge in [-0.25, -0.2) is 4.98 Å². The number of hydrogen-bond acceptors (Lipinski definition) is 3. The van der Waals surface area contributed by atoms with Gasteiger partial charge in [0.2, 0.25) is 0 Å². The number of nitrogens with one attached hydrogen (secondary N) is 1. The Kier molecular flexibility index (Phi) is 5.62. The van der Waals surface area contributed by atoms with Gasteiger partial charge in [-0.05, 0) is 32.4 Å². The Morgan fingerprint density at radius 1 is 1.50 bits per heavy atom. The van der Waals surface area contributed by atoms with Crippen LogP contribution in [0, 0.1) is 0 Å². The third-order valence-corrected chi connectivity index (χ3v) is 3.07. The number of pyridine rings is 1. The van der Waals surface area contributed by atoms with Crippen LogP contribution in [-0.2, 0) is 0 Å². The minimum atomic E-state index is 0.0278. The molecule has 0 aliphatic rings. The first-order valence-electron chi connectivity index (χ1n) is 6.57. The zero-order valence-corrected chi connectivity index (χ0v) is 11.7. The first-order chi connectivity index (χ1) is 8.61. The summed E-state index contributed by atoms with van der Waals surface area (Å²) in [5.74, 6) is 0.695. The number of nitrogens with zero attached hydrogens (tertiary/aromatic N) is 2. The fourth-order valence-electron chi connectivity index (χ4n) is 1.89. The maximum absolute atomic E-state index is 12.4. The van der Waals surface area contributed by atoms with Gasteiger partial charge in [0.15, 0.2) is 0 Å².